The van der Waals surface area contributed by atoms with Gasteiger partial charge >= 0.3 is 0 Å². The van der Waals surface area contributed by atoms with Crippen molar-refractivity contribution in [2.24, 2.45) is 5.92 Å². The van der Waals surface area contributed by atoms with Crippen LogP contribution in [0.25, 0.3) is 0 Å². The Morgan fingerprint density at radius 1 is 1.30 bits per heavy atom. The van der Waals surface area contributed by atoms with E-state index in [-0.39, 0.29) is 6.10 Å². The molecule has 2 aromatic heterocycles. The maximum Gasteiger partial charge on any atom is 0.228 e. The molecule has 0 aromatic carbocycles. The summed E-state index contributed by atoms with van der Waals surface area (Å²) in [5.41, 5.74) is 0.833. The summed E-state index contributed by atoms with van der Waals surface area (Å²) >= 11 is 0. The zero-order valence-corrected chi connectivity index (χ0v) is 13.5. The molecule has 7 nitrogen and oxygen atoms in total. The van der Waals surface area contributed by atoms with Gasteiger partial charge in [0.2, 0.25) is 5.95 Å². The van der Waals surface area contributed by atoms with Crippen LogP contribution >= 0.6 is 0 Å². The molecule has 0 saturated carbocycles. The number of hydrogen-bond acceptors (Lipinski definition) is 7. The summed E-state index contributed by atoms with van der Waals surface area (Å²) in [7, 11) is 0. The number of nitrogens with one attached hydrogen (secondary N) is 1. The number of ether oxygens (including phenoxy) is 1. The van der Waals surface area contributed by atoms with Crippen molar-refractivity contribution in [3.63, 3.8) is 0 Å². The van der Waals surface area contributed by atoms with E-state index in [9.17, 15) is 0 Å². The van der Waals surface area contributed by atoms with Gasteiger partial charge in [-0.15, -0.1) is 0 Å². The highest BCUT2D eigenvalue weighted by Crippen LogP contribution is 2.22. The Morgan fingerprint density at radius 3 is 2.91 bits per heavy atom. The number of morpholine rings is 1. The quantitative estimate of drug-likeness (QED) is 0.905. The molecular weight excluding hydrogens is 292 g/mol. The number of nitrogens with zero attached hydrogens (tertiary/aromatic N) is 5. The van der Waals surface area contributed by atoms with Crippen molar-refractivity contribution in [2.45, 2.75) is 20.0 Å². The fourth-order valence-electron chi connectivity index (χ4n) is 2.64. The van der Waals surface area contributed by atoms with Crippen LogP contribution in [0.1, 0.15) is 25.6 Å². The lowest BCUT2D eigenvalue weighted by molar-refractivity contribution is -0.0353. The average molecular weight is 314 g/mol. The van der Waals surface area contributed by atoms with E-state index >= 15 is 0 Å². The smallest absolute Gasteiger partial charge is 0.228 e. The standard InChI is InChI=1S/C16H22N6O/c1-12(2)10-22-6-7-23-14(11-22)13-8-17-9-15(20-13)21-16-18-4-3-5-19-16/h3-5,8-9,12,14H,6-7,10-11H2,1-2H3,(H,18,19,20,21)/t14-/m0/s1. The van der Waals surface area contributed by atoms with E-state index < -0.39 is 0 Å². The van der Waals surface area contributed by atoms with E-state index in [0.29, 0.717) is 17.7 Å². The first-order chi connectivity index (χ1) is 11.2. The number of anilines is 2. The number of aromatic nitrogens is 4. The molecule has 2 aromatic rings. The minimum absolute atomic E-state index is 0.0477. The van der Waals surface area contributed by atoms with Crippen LogP contribution in [0.3, 0.4) is 0 Å². The predicted molar refractivity (Wildman–Crippen MR) is 87.3 cm³/mol. The predicted octanol–water partition coefficient (Wildman–Crippen LogP) is 2.04. The average Bonchev–Trinajstić information content (AvgIpc) is 2.56. The van der Waals surface area contributed by atoms with Gasteiger partial charge < -0.3 is 10.1 Å². The highest BCUT2D eigenvalue weighted by atomic mass is 16.5. The van der Waals surface area contributed by atoms with E-state index in [4.69, 9.17) is 4.74 Å². The highest BCUT2D eigenvalue weighted by molar-refractivity contribution is 5.45. The number of rotatable bonds is 5. The van der Waals surface area contributed by atoms with Gasteiger partial charge in [-0.1, -0.05) is 13.8 Å². The first-order valence-electron chi connectivity index (χ1n) is 7.90. The second kappa shape index (κ2) is 7.43. The van der Waals surface area contributed by atoms with Gasteiger partial charge in [-0.05, 0) is 12.0 Å². The lowest BCUT2D eigenvalue weighted by Crippen LogP contribution is -2.40. The molecular formula is C16H22N6O. The minimum atomic E-state index is -0.0477. The van der Waals surface area contributed by atoms with Crippen molar-refractivity contribution in [2.75, 3.05) is 31.6 Å². The van der Waals surface area contributed by atoms with Crippen LogP contribution in [0.5, 0.6) is 0 Å². The lowest BCUT2D eigenvalue weighted by atomic mass is 10.1. The molecule has 1 N–H and O–H groups in total. The second-order valence-corrected chi connectivity index (χ2v) is 6.04. The van der Waals surface area contributed by atoms with Crippen LogP contribution in [0.4, 0.5) is 11.8 Å². The molecule has 1 fully saturated rings. The van der Waals surface area contributed by atoms with Crippen LogP contribution in [0.2, 0.25) is 0 Å². The summed E-state index contributed by atoms with van der Waals surface area (Å²) in [6.45, 7) is 8.07. The molecule has 0 amide bonds. The van der Waals surface area contributed by atoms with Crippen LogP contribution < -0.4 is 5.32 Å². The van der Waals surface area contributed by atoms with Gasteiger partial charge in [0.25, 0.3) is 0 Å². The summed E-state index contributed by atoms with van der Waals surface area (Å²) < 4.78 is 5.88. The Bertz CT molecular complexity index is 621. The maximum atomic E-state index is 5.88. The Balaban J connectivity index is 1.69. The van der Waals surface area contributed by atoms with E-state index in [1.54, 1.807) is 30.9 Å². The van der Waals surface area contributed by atoms with Gasteiger partial charge in [-0.2, -0.15) is 0 Å². The summed E-state index contributed by atoms with van der Waals surface area (Å²) in [5.74, 6) is 1.77. The molecule has 1 aliphatic heterocycles. The minimum Gasteiger partial charge on any atom is -0.369 e. The third-order valence-electron chi connectivity index (χ3n) is 3.56. The molecule has 122 valence electrons. The zero-order valence-electron chi connectivity index (χ0n) is 13.5. The van der Waals surface area contributed by atoms with Gasteiger partial charge in [-0.25, -0.2) is 15.0 Å². The molecule has 0 radical (unpaired) electrons. The van der Waals surface area contributed by atoms with E-state index in [2.05, 4.69) is 44.0 Å². The molecule has 1 atom stereocenters. The SMILES string of the molecule is CC(C)CN1CCO[C@H](c2cncc(Nc3ncccn3)n2)C1. The van der Waals surface area contributed by atoms with Crippen molar-refractivity contribution in [1.29, 1.82) is 0 Å². The fourth-order valence-corrected chi connectivity index (χ4v) is 2.64. The maximum absolute atomic E-state index is 5.88. The van der Waals surface area contributed by atoms with Crippen molar-refractivity contribution in [3.8, 4) is 0 Å². The van der Waals surface area contributed by atoms with Gasteiger partial charge in [0.15, 0.2) is 5.82 Å². The van der Waals surface area contributed by atoms with Crippen LogP contribution in [0, 0.1) is 5.92 Å². The van der Waals surface area contributed by atoms with E-state index in [1.807, 2.05) is 0 Å². The molecule has 3 heterocycles. The fraction of sp³-hybridized carbons (Fsp3) is 0.500. The molecule has 0 unspecified atom stereocenters. The highest BCUT2D eigenvalue weighted by Gasteiger charge is 2.24. The van der Waals surface area contributed by atoms with Crippen LogP contribution in [-0.2, 0) is 4.74 Å². The van der Waals surface area contributed by atoms with Gasteiger partial charge in [0.05, 0.1) is 24.7 Å². The lowest BCUT2D eigenvalue weighted by Gasteiger charge is -2.33. The van der Waals surface area contributed by atoms with Crippen molar-refractivity contribution >= 4 is 11.8 Å². The molecule has 0 spiro atoms. The first kappa shape index (κ1) is 15.8. The first-order valence-corrected chi connectivity index (χ1v) is 7.90. The van der Waals surface area contributed by atoms with Gasteiger partial charge in [0, 0.05) is 32.0 Å². The van der Waals surface area contributed by atoms with Gasteiger partial charge in [-0.3, -0.25) is 9.88 Å². The molecule has 0 aliphatic carbocycles. The molecule has 1 aliphatic rings. The van der Waals surface area contributed by atoms with Crippen LogP contribution in [-0.4, -0.2) is 51.1 Å². The van der Waals surface area contributed by atoms with Crippen molar-refractivity contribution in [1.82, 2.24) is 24.8 Å². The summed E-state index contributed by atoms with van der Waals surface area (Å²) in [6, 6.07) is 1.77. The Hall–Kier alpha value is -2.12. The van der Waals surface area contributed by atoms with E-state index in [1.165, 1.54) is 0 Å². The summed E-state index contributed by atoms with van der Waals surface area (Å²) in [4.78, 5) is 19.5. The summed E-state index contributed by atoms with van der Waals surface area (Å²) in [5, 5.41) is 3.06. The van der Waals surface area contributed by atoms with Crippen molar-refractivity contribution in [3.05, 3.63) is 36.5 Å². The molecule has 7 heteroatoms. The Labute approximate surface area is 136 Å². The normalized spacial score (nSPS) is 19.0. The molecule has 0 bridgehead atoms. The van der Waals surface area contributed by atoms with Crippen LogP contribution in [0.15, 0.2) is 30.9 Å². The molecule has 3 rings (SSSR count). The Morgan fingerprint density at radius 2 is 2.13 bits per heavy atom. The van der Waals surface area contributed by atoms with Crippen molar-refractivity contribution < 1.29 is 4.74 Å². The zero-order chi connectivity index (χ0) is 16.1. The topological polar surface area (TPSA) is 76.1 Å². The molecule has 23 heavy (non-hydrogen) atoms. The van der Waals surface area contributed by atoms with Gasteiger partial charge in [0.1, 0.15) is 6.10 Å². The monoisotopic (exact) mass is 314 g/mol. The Kier molecular flexibility index (Phi) is 5.09. The van der Waals surface area contributed by atoms with E-state index in [0.717, 1.165) is 31.9 Å². The second-order valence-electron chi connectivity index (χ2n) is 6.04. The third-order valence-corrected chi connectivity index (χ3v) is 3.56. The summed E-state index contributed by atoms with van der Waals surface area (Å²) in [6.07, 6.45) is 6.74. The third kappa shape index (κ3) is 4.43. The number of hydrogen-bond donors (Lipinski definition) is 1. The largest absolute Gasteiger partial charge is 0.369 e. The molecule has 1 saturated heterocycles.